The van der Waals surface area contributed by atoms with Crippen LogP contribution in [-0.2, 0) is 4.79 Å². The first kappa shape index (κ1) is 28.2. The quantitative estimate of drug-likeness (QED) is 0.175. The van der Waals surface area contributed by atoms with Gasteiger partial charge in [0.2, 0.25) is 18.3 Å². The van der Waals surface area contributed by atoms with Gasteiger partial charge < -0.3 is 5.32 Å². The van der Waals surface area contributed by atoms with Crippen molar-refractivity contribution >= 4 is 34.9 Å². The number of nitrogens with zero attached hydrogens (tertiary/aromatic N) is 5. The van der Waals surface area contributed by atoms with Gasteiger partial charge >= 0.3 is 0 Å². The average molecular weight is 608 g/mol. The standard InChI is InChI=1S/C30H22ClF3N6O3/c1-15-7-18(9-35-28(15)39-13-17-3-4-22(17)30(39)42)16(2)40-14-21(10-36-40)37-29(41)20-8-19(11-38(43)12-20)25-23(27(33)34)5-6-24(31)26(25)32/h5-12,14,16-17,22,27H,13H2,1-2H3,(H-,37,41,43)/p+1/t16?,17-,22-/m1/s1. The fourth-order valence-corrected chi connectivity index (χ4v) is 5.41. The van der Waals surface area contributed by atoms with E-state index in [-0.39, 0.29) is 39.9 Å². The molecule has 4 heterocycles. The Morgan fingerprint density at radius 1 is 1.23 bits per heavy atom. The van der Waals surface area contributed by atoms with Crippen molar-refractivity contribution in [1.29, 1.82) is 0 Å². The number of aromatic nitrogens is 4. The summed E-state index contributed by atoms with van der Waals surface area (Å²) in [7, 11) is 0. The van der Waals surface area contributed by atoms with Gasteiger partial charge in [0.15, 0.2) is 0 Å². The van der Waals surface area contributed by atoms with Crippen molar-refractivity contribution in [3.63, 3.8) is 0 Å². The monoisotopic (exact) mass is 607 g/mol. The normalized spacial score (nSPS) is 17.7. The van der Waals surface area contributed by atoms with Gasteiger partial charge in [0, 0.05) is 34.8 Å². The van der Waals surface area contributed by atoms with Gasteiger partial charge in [-0.1, -0.05) is 29.5 Å². The van der Waals surface area contributed by atoms with Crippen LogP contribution >= 0.6 is 11.6 Å². The highest BCUT2D eigenvalue weighted by atomic mass is 35.5. The Morgan fingerprint density at radius 2 is 2.02 bits per heavy atom. The van der Waals surface area contributed by atoms with E-state index in [9.17, 15) is 28.0 Å². The number of halogens is 4. The average Bonchev–Trinajstić information content (AvgIpc) is 3.50. The summed E-state index contributed by atoms with van der Waals surface area (Å²) in [5.74, 6) is 4.50. The van der Waals surface area contributed by atoms with Gasteiger partial charge in [-0.05, 0) is 43.2 Å². The van der Waals surface area contributed by atoms with Gasteiger partial charge in [0.05, 0.1) is 34.4 Å². The van der Waals surface area contributed by atoms with Crippen molar-refractivity contribution in [3.8, 4) is 23.0 Å². The van der Waals surface area contributed by atoms with E-state index in [1.165, 1.54) is 12.3 Å². The number of rotatable bonds is 7. The Morgan fingerprint density at radius 3 is 2.67 bits per heavy atom. The molecule has 43 heavy (non-hydrogen) atoms. The molecule has 0 radical (unpaired) electrons. The van der Waals surface area contributed by atoms with E-state index in [0.29, 0.717) is 22.8 Å². The van der Waals surface area contributed by atoms with Crippen molar-refractivity contribution < 1.29 is 32.7 Å². The van der Waals surface area contributed by atoms with Gasteiger partial charge in [0.25, 0.3) is 12.3 Å². The molecule has 2 N–H and O–H groups in total. The molecule has 3 aromatic heterocycles. The Balaban J connectivity index is 1.20. The molecule has 1 saturated heterocycles. The number of alkyl halides is 2. The van der Waals surface area contributed by atoms with Gasteiger partial charge in [-0.25, -0.2) is 18.2 Å². The summed E-state index contributed by atoms with van der Waals surface area (Å²) in [6.45, 7) is 4.30. The number of anilines is 2. The second-order valence-corrected chi connectivity index (χ2v) is 10.8. The maximum Gasteiger partial charge on any atom is 0.264 e. The van der Waals surface area contributed by atoms with Crippen LogP contribution in [0.2, 0.25) is 5.02 Å². The van der Waals surface area contributed by atoms with Crippen LogP contribution in [0, 0.1) is 36.4 Å². The molecule has 13 heteroatoms. The van der Waals surface area contributed by atoms with E-state index < -0.39 is 29.3 Å². The summed E-state index contributed by atoms with van der Waals surface area (Å²) in [6.07, 6.45) is 3.71. The van der Waals surface area contributed by atoms with Gasteiger partial charge in [-0.2, -0.15) is 5.10 Å². The molecule has 3 atom stereocenters. The lowest BCUT2D eigenvalue weighted by Crippen LogP contribution is -2.31. The molecule has 2 amide bonds. The number of fused-ring (bicyclic) bond motifs is 1. The van der Waals surface area contributed by atoms with Crippen LogP contribution in [-0.4, -0.2) is 38.3 Å². The van der Waals surface area contributed by atoms with Crippen molar-refractivity contribution in [2.45, 2.75) is 26.3 Å². The molecular weight excluding hydrogens is 585 g/mol. The van der Waals surface area contributed by atoms with Crippen LogP contribution in [0.1, 0.15) is 46.4 Å². The predicted molar refractivity (Wildman–Crippen MR) is 149 cm³/mol. The summed E-state index contributed by atoms with van der Waals surface area (Å²) < 4.78 is 44.2. The summed E-state index contributed by atoms with van der Waals surface area (Å²) in [6, 6.07) is 4.82. The number of nitrogens with one attached hydrogen (secondary N) is 1. The Kier molecular flexibility index (Phi) is 7.06. The SMILES string of the molecule is Cc1cc(C(C)n2cc(NC(=O)c3cc(-c4c(C(F)F)ccc(Cl)c4F)c[n+](O)c3)cn2)cnc1N1C[C@H]2C#C[C@H]2C1=O. The lowest BCUT2D eigenvalue weighted by Gasteiger charge is -2.19. The minimum atomic E-state index is -3.03. The van der Waals surface area contributed by atoms with Crippen molar-refractivity contribution in [1.82, 2.24) is 14.8 Å². The molecule has 6 rings (SSSR count). The number of carbonyl (C=O) groups excluding carboxylic acids is 2. The molecule has 1 fully saturated rings. The Hall–Kier alpha value is -4.89. The molecule has 0 spiro atoms. The highest BCUT2D eigenvalue weighted by Gasteiger charge is 2.44. The number of benzene rings is 1. The first-order valence-corrected chi connectivity index (χ1v) is 13.6. The molecule has 0 bridgehead atoms. The van der Waals surface area contributed by atoms with Crippen LogP contribution in [0.3, 0.4) is 0 Å². The lowest BCUT2D eigenvalue weighted by atomic mass is 9.89. The van der Waals surface area contributed by atoms with E-state index >= 15 is 0 Å². The maximum atomic E-state index is 14.8. The van der Waals surface area contributed by atoms with Crippen molar-refractivity contribution in [3.05, 3.63) is 88.3 Å². The van der Waals surface area contributed by atoms with E-state index in [4.69, 9.17) is 11.6 Å². The maximum absolute atomic E-state index is 14.8. The third-order valence-electron chi connectivity index (χ3n) is 7.57. The molecule has 1 aliphatic carbocycles. The molecule has 9 nitrogen and oxygen atoms in total. The van der Waals surface area contributed by atoms with Crippen LogP contribution in [0.15, 0.2) is 55.2 Å². The summed E-state index contributed by atoms with van der Waals surface area (Å²) in [4.78, 5) is 31.9. The number of pyridine rings is 2. The largest absolute Gasteiger partial charge is 0.319 e. The van der Waals surface area contributed by atoms with Crippen LogP contribution in [0.5, 0.6) is 0 Å². The predicted octanol–water partition coefficient (Wildman–Crippen LogP) is 4.97. The van der Waals surface area contributed by atoms with Crippen LogP contribution in [0.25, 0.3) is 11.1 Å². The van der Waals surface area contributed by atoms with E-state index in [1.54, 1.807) is 22.0 Å². The molecule has 1 aliphatic heterocycles. The third-order valence-corrected chi connectivity index (χ3v) is 7.86. The molecule has 1 unspecified atom stereocenters. The van der Waals surface area contributed by atoms with Gasteiger partial charge in [0.1, 0.15) is 23.1 Å². The molecule has 4 aromatic rings. The first-order valence-electron chi connectivity index (χ1n) is 13.2. The number of hydrogen-bond acceptors (Lipinski definition) is 5. The van der Waals surface area contributed by atoms with Crippen LogP contribution < -0.4 is 14.9 Å². The Bertz CT molecular complexity index is 1870. The second-order valence-electron chi connectivity index (χ2n) is 10.4. The summed E-state index contributed by atoms with van der Waals surface area (Å²) in [5, 5.41) is 16.8. The molecule has 218 valence electrons. The molecule has 2 aliphatic rings. The number of carbonyl (C=O) groups is 2. The molecule has 1 aromatic carbocycles. The van der Waals surface area contributed by atoms with E-state index in [1.807, 2.05) is 19.9 Å². The number of aryl methyl sites for hydroxylation is 1. The molecule has 0 saturated carbocycles. The van der Waals surface area contributed by atoms with E-state index in [2.05, 4.69) is 27.2 Å². The topological polar surface area (TPSA) is 104 Å². The molecular formula is C30H23ClF3N6O3+. The minimum absolute atomic E-state index is 0.0305. The summed E-state index contributed by atoms with van der Waals surface area (Å²) >= 11 is 5.82. The zero-order valence-corrected chi connectivity index (χ0v) is 23.5. The van der Waals surface area contributed by atoms with Crippen LogP contribution in [0.4, 0.5) is 24.7 Å². The van der Waals surface area contributed by atoms with Gasteiger partial charge in [-0.3, -0.25) is 24.4 Å². The highest BCUT2D eigenvalue weighted by molar-refractivity contribution is 6.31. The van der Waals surface area contributed by atoms with Gasteiger partial charge in [-0.15, -0.1) is 0 Å². The Labute approximate surface area is 248 Å². The van der Waals surface area contributed by atoms with Crippen molar-refractivity contribution in [2.75, 3.05) is 16.8 Å². The van der Waals surface area contributed by atoms with E-state index in [0.717, 1.165) is 35.7 Å². The zero-order chi connectivity index (χ0) is 30.6. The fourth-order valence-electron chi connectivity index (χ4n) is 5.25. The minimum Gasteiger partial charge on any atom is -0.319 e. The lowest BCUT2D eigenvalue weighted by molar-refractivity contribution is -0.904. The zero-order valence-electron chi connectivity index (χ0n) is 22.7. The number of amides is 2. The summed E-state index contributed by atoms with van der Waals surface area (Å²) in [5.41, 5.74) is 0.492. The third kappa shape index (κ3) is 5.06. The smallest absolute Gasteiger partial charge is 0.264 e. The fraction of sp³-hybridized carbons (Fsp3) is 0.233. The first-order chi connectivity index (χ1) is 20.5. The highest BCUT2D eigenvalue weighted by Crippen LogP contribution is 2.37. The number of hydrogen-bond donors (Lipinski definition) is 2. The second kappa shape index (κ2) is 10.7. The van der Waals surface area contributed by atoms with Crippen molar-refractivity contribution in [2.24, 2.45) is 11.8 Å².